The van der Waals surface area contributed by atoms with Crippen molar-refractivity contribution in [1.82, 2.24) is 0 Å². The van der Waals surface area contributed by atoms with E-state index in [4.69, 9.17) is 9.47 Å². The molecule has 1 rings (SSSR count). The van der Waals surface area contributed by atoms with Crippen LogP contribution in [0, 0.1) is 5.92 Å². The van der Waals surface area contributed by atoms with Gasteiger partial charge in [-0.2, -0.15) is 0 Å². The highest BCUT2D eigenvalue weighted by molar-refractivity contribution is 5.98. The highest BCUT2D eigenvalue weighted by Gasteiger charge is 2.35. The van der Waals surface area contributed by atoms with Gasteiger partial charge in [-0.1, -0.05) is 30.3 Å². The van der Waals surface area contributed by atoms with Crippen LogP contribution >= 0.6 is 0 Å². The first-order valence-electron chi connectivity index (χ1n) is 7.23. The minimum atomic E-state index is -1.34. The van der Waals surface area contributed by atoms with Gasteiger partial charge in [0.15, 0.2) is 5.92 Å². The maximum atomic E-state index is 12.2. The van der Waals surface area contributed by atoms with Crippen LogP contribution in [0.3, 0.4) is 0 Å². The van der Waals surface area contributed by atoms with Gasteiger partial charge in [0.1, 0.15) is 12.2 Å². The lowest BCUT2D eigenvalue weighted by atomic mass is 10.1. The van der Waals surface area contributed by atoms with Crippen LogP contribution in [0.15, 0.2) is 30.3 Å². The van der Waals surface area contributed by atoms with Crippen LogP contribution in [0.4, 0.5) is 0 Å². The van der Waals surface area contributed by atoms with Gasteiger partial charge in [0, 0.05) is 0 Å². The van der Waals surface area contributed by atoms with Crippen molar-refractivity contribution in [2.75, 3.05) is 7.11 Å². The van der Waals surface area contributed by atoms with Gasteiger partial charge in [-0.05, 0) is 26.3 Å². The molecule has 0 N–H and O–H groups in total. The Morgan fingerprint density at radius 1 is 1.04 bits per heavy atom. The van der Waals surface area contributed by atoms with E-state index in [0.29, 0.717) is 0 Å². The lowest BCUT2D eigenvalue weighted by Crippen LogP contribution is -2.35. The number of methoxy groups -OCH3 is 1. The first kappa shape index (κ1) is 18.7. The fourth-order valence-corrected chi connectivity index (χ4v) is 1.72. The predicted molar refractivity (Wildman–Crippen MR) is 82.2 cm³/mol. The van der Waals surface area contributed by atoms with Gasteiger partial charge in [0.05, 0.1) is 13.5 Å². The van der Waals surface area contributed by atoms with Crippen LogP contribution < -0.4 is 0 Å². The zero-order valence-corrected chi connectivity index (χ0v) is 13.8. The molecule has 0 unspecified atom stereocenters. The third-order valence-corrected chi connectivity index (χ3v) is 2.80. The van der Waals surface area contributed by atoms with E-state index in [1.165, 1.54) is 7.11 Å². The third-order valence-electron chi connectivity index (χ3n) is 2.80. The van der Waals surface area contributed by atoms with Crippen molar-refractivity contribution in [3.63, 3.8) is 0 Å². The summed E-state index contributed by atoms with van der Waals surface area (Å²) >= 11 is 0. The molecule has 0 spiro atoms. The number of rotatable bonds is 6. The van der Waals surface area contributed by atoms with Gasteiger partial charge in [-0.25, -0.2) is 0 Å². The number of ether oxygens (including phenoxy) is 3. The molecule has 1 aromatic carbocycles. The number of esters is 3. The molecule has 0 saturated carbocycles. The predicted octanol–water partition coefficient (Wildman–Crippen LogP) is 2.25. The summed E-state index contributed by atoms with van der Waals surface area (Å²) in [4.78, 5) is 35.7. The Morgan fingerprint density at radius 2 is 1.65 bits per heavy atom. The Labute approximate surface area is 135 Å². The van der Waals surface area contributed by atoms with Crippen LogP contribution in [0.5, 0.6) is 0 Å². The fourth-order valence-electron chi connectivity index (χ4n) is 1.72. The van der Waals surface area contributed by atoms with Crippen LogP contribution in [0.1, 0.15) is 32.8 Å². The third kappa shape index (κ3) is 6.95. The lowest BCUT2D eigenvalue weighted by Gasteiger charge is -2.22. The Morgan fingerprint density at radius 3 is 2.17 bits per heavy atom. The number of benzene rings is 1. The molecule has 23 heavy (non-hydrogen) atoms. The van der Waals surface area contributed by atoms with Gasteiger partial charge in [0.2, 0.25) is 0 Å². The lowest BCUT2D eigenvalue weighted by molar-refractivity contribution is -0.173. The van der Waals surface area contributed by atoms with Crippen molar-refractivity contribution in [3.8, 4) is 0 Å². The molecule has 0 aliphatic rings. The molecule has 0 aromatic heterocycles. The van der Waals surface area contributed by atoms with Gasteiger partial charge in [-0.3, -0.25) is 14.4 Å². The molecule has 0 fully saturated rings. The molecule has 6 heteroatoms. The Balaban J connectivity index is 2.75. The first-order valence-corrected chi connectivity index (χ1v) is 7.23. The zero-order chi connectivity index (χ0) is 17.5. The second-order valence-corrected chi connectivity index (χ2v) is 5.96. The van der Waals surface area contributed by atoms with E-state index in [1.54, 1.807) is 32.9 Å². The molecule has 0 amide bonds. The molecule has 126 valence electrons. The Bertz CT molecular complexity index is 544. The highest BCUT2D eigenvalue weighted by Crippen LogP contribution is 2.17. The summed E-state index contributed by atoms with van der Waals surface area (Å²) in [6, 6.07) is 9.03. The fraction of sp³-hybridized carbons (Fsp3) is 0.471. The van der Waals surface area contributed by atoms with Gasteiger partial charge in [0.25, 0.3) is 0 Å². The number of hydrogen-bond acceptors (Lipinski definition) is 6. The standard InChI is InChI=1S/C17H22O6/c1-17(2,3)23-16(20)13(10-14(18)21-4)15(19)22-11-12-8-6-5-7-9-12/h5-9,13H,10-11H2,1-4H3/t13-/m1/s1. The van der Waals surface area contributed by atoms with E-state index in [1.807, 2.05) is 18.2 Å². The van der Waals surface area contributed by atoms with E-state index in [9.17, 15) is 14.4 Å². The summed E-state index contributed by atoms with van der Waals surface area (Å²) in [6.45, 7) is 5.04. The normalized spacial score (nSPS) is 12.2. The summed E-state index contributed by atoms with van der Waals surface area (Å²) in [5, 5.41) is 0. The molecule has 0 saturated heterocycles. The molecule has 0 radical (unpaired) electrons. The number of hydrogen-bond donors (Lipinski definition) is 0. The smallest absolute Gasteiger partial charge is 0.321 e. The second-order valence-electron chi connectivity index (χ2n) is 5.96. The average Bonchev–Trinajstić information content (AvgIpc) is 2.49. The molecule has 0 heterocycles. The van der Waals surface area contributed by atoms with E-state index in [0.717, 1.165) is 5.56 Å². The maximum absolute atomic E-state index is 12.2. The second kappa shape index (κ2) is 8.31. The Kier molecular flexibility index (Phi) is 6.75. The van der Waals surface area contributed by atoms with Crippen LogP contribution in [0.25, 0.3) is 0 Å². The minimum absolute atomic E-state index is 0.0140. The zero-order valence-electron chi connectivity index (χ0n) is 13.8. The van der Waals surface area contributed by atoms with Gasteiger partial charge in [-0.15, -0.1) is 0 Å². The first-order chi connectivity index (χ1) is 10.7. The van der Waals surface area contributed by atoms with Gasteiger partial charge >= 0.3 is 17.9 Å². The molecule has 6 nitrogen and oxygen atoms in total. The largest absolute Gasteiger partial charge is 0.469 e. The van der Waals surface area contributed by atoms with Crippen LogP contribution in [-0.4, -0.2) is 30.6 Å². The van der Waals surface area contributed by atoms with Crippen molar-refractivity contribution >= 4 is 17.9 Å². The molecular weight excluding hydrogens is 300 g/mol. The molecule has 0 aliphatic heterocycles. The Hall–Kier alpha value is -2.37. The minimum Gasteiger partial charge on any atom is -0.469 e. The monoisotopic (exact) mass is 322 g/mol. The molecule has 1 atom stereocenters. The summed E-state index contributed by atoms with van der Waals surface area (Å²) in [5.74, 6) is -3.64. The molecule has 1 aromatic rings. The number of carbonyl (C=O) groups excluding carboxylic acids is 3. The van der Waals surface area contributed by atoms with Crippen molar-refractivity contribution in [3.05, 3.63) is 35.9 Å². The molecule has 0 aliphatic carbocycles. The van der Waals surface area contributed by atoms with E-state index in [2.05, 4.69) is 4.74 Å². The molecular formula is C17H22O6. The van der Waals surface area contributed by atoms with Crippen molar-refractivity contribution < 1.29 is 28.6 Å². The van der Waals surface area contributed by atoms with Gasteiger partial charge < -0.3 is 14.2 Å². The van der Waals surface area contributed by atoms with Crippen molar-refractivity contribution in [1.29, 1.82) is 0 Å². The van der Waals surface area contributed by atoms with E-state index >= 15 is 0 Å². The SMILES string of the molecule is COC(=O)C[C@H](C(=O)OCc1ccccc1)C(=O)OC(C)(C)C. The highest BCUT2D eigenvalue weighted by atomic mass is 16.6. The van der Waals surface area contributed by atoms with E-state index in [-0.39, 0.29) is 6.61 Å². The van der Waals surface area contributed by atoms with Crippen LogP contribution in [0.2, 0.25) is 0 Å². The van der Waals surface area contributed by atoms with Crippen LogP contribution in [-0.2, 0) is 35.2 Å². The maximum Gasteiger partial charge on any atom is 0.321 e. The van der Waals surface area contributed by atoms with Crippen molar-refractivity contribution in [2.24, 2.45) is 5.92 Å². The topological polar surface area (TPSA) is 78.9 Å². The van der Waals surface area contributed by atoms with E-state index < -0.39 is 35.8 Å². The summed E-state index contributed by atoms with van der Waals surface area (Å²) in [7, 11) is 1.18. The quantitative estimate of drug-likeness (QED) is 0.454. The summed E-state index contributed by atoms with van der Waals surface area (Å²) in [6.07, 6.45) is -0.418. The number of carbonyl (C=O) groups is 3. The van der Waals surface area contributed by atoms with Crippen molar-refractivity contribution in [2.45, 2.75) is 39.4 Å². The summed E-state index contributed by atoms with van der Waals surface area (Å²) < 4.78 is 14.8. The average molecular weight is 322 g/mol. The molecule has 0 bridgehead atoms. The summed E-state index contributed by atoms with van der Waals surface area (Å²) in [5.41, 5.74) is 0.00684.